The third-order valence-electron chi connectivity index (χ3n) is 3.40. The number of carbonyl (C=O) groups excluding carboxylic acids is 1. The molecule has 0 bridgehead atoms. The summed E-state index contributed by atoms with van der Waals surface area (Å²) >= 11 is 0. The van der Waals surface area contributed by atoms with Crippen LogP contribution in [0.1, 0.15) is 32.1 Å². The van der Waals surface area contributed by atoms with Gasteiger partial charge >= 0.3 is 5.97 Å². The van der Waals surface area contributed by atoms with Crippen molar-refractivity contribution in [1.82, 2.24) is 25.1 Å². The number of rotatable bonds is 4. The average Bonchev–Trinajstić information content (AvgIpc) is 3.03. The van der Waals surface area contributed by atoms with Crippen molar-refractivity contribution in [3.05, 3.63) is 58.8 Å². The molecule has 3 aromatic rings. The van der Waals surface area contributed by atoms with Crippen molar-refractivity contribution in [3.8, 4) is 0 Å². The Bertz CT molecular complexity index is 953. The molecule has 0 aliphatic carbocycles. The number of aromatic carboxylic acids is 1. The van der Waals surface area contributed by atoms with Crippen molar-refractivity contribution in [2.75, 3.05) is 0 Å². The summed E-state index contributed by atoms with van der Waals surface area (Å²) in [7, 11) is 0. The highest BCUT2D eigenvalue weighted by Crippen LogP contribution is 2.10. The first-order valence-corrected chi connectivity index (χ1v) is 6.93. The Morgan fingerprint density at radius 3 is 2.83 bits per heavy atom. The van der Waals surface area contributed by atoms with Gasteiger partial charge in [-0.25, -0.2) is 14.2 Å². The van der Waals surface area contributed by atoms with Crippen molar-refractivity contribution in [1.29, 1.82) is 0 Å². The fourth-order valence-corrected chi connectivity index (χ4v) is 2.18. The van der Waals surface area contributed by atoms with E-state index in [2.05, 4.69) is 20.6 Å². The van der Waals surface area contributed by atoms with Crippen molar-refractivity contribution < 1.29 is 19.1 Å². The number of hydrogen-bond donors (Lipinski definition) is 2. The van der Waals surface area contributed by atoms with Crippen LogP contribution in [-0.2, 0) is 6.54 Å². The maximum atomic E-state index is 13.2. The molecule has 2 N–H and O–H groups in total. The number of aromatic nitrogens is 4. The van der Waals surface area contributed by atoms with E-state index in [0.717, 1.165) is 10.6 Å². The molecule has 122 valence electrons. The summed E-state index contributed by atoms with van der Waals surface area (Å²) in [5.41, 5.74) is 1.05. The molecule has 0 atom stereocenters. The Kier molecular flexibility index (Phi) is 3.90. The number of aryl methyl sites for hydroxylation is 1. The van der Waals surface area contributed by atoms with E-state index in [-0.39, 0.29) is 29.4 Å². The van der Waals surface area contributed by atoms with Gasteiger partial charge in [0, 0.05) is 12.6 Å². The number of nitrogens with one attached hydrogen (secondary N) is 1. The molecule has 0 saturated heterocycles. The maximum absolute atomic E-state index is 13.2. The van der Waals surface area contributed by atoms with Crippen LogP contribution in [0.15, 0.2) is 30.5 Å². The molecule has 1 aromatic carbocycles. The van der Waals surface area contributed by atoms with E-state index in [1.165, 1.54) is 12.3 Å². The summed E-state index contributed by atoms with van der Waals surface area (Å²) in [5.74, 6) is -2.13. The normalized spacial score (nSPS) is 10.8. The number of carboxylic acid groups (broad SMARTS) is 1. The van der Waals surface area contributed by atoms with Gasteiger partial charge < -0.3 is 10.4 Å². The van der Waals surface area contributed by atoms with Gasteiger partial charge in [-0.2, -0.15) is 4.52 Å². The van der Waals surface area contributed by atoms with Gasteiger partial charge in [0.2, 0.25) is 0 Å². The fourth-order valence-electron chi connectivity index (χ4n) is 2.18. The Morgan fingerprint density at radius 1 is 1.33 bits per heavy atom. The molecule has 1 amide bonds. The van der Waals surface area contributed by atoms with E-state index in [0.29, 0.717) is 11.1 Å². The molecule has 0 spiro atoms. The molecule has 0 radical (unpaired) electrons. The summed E-state index contributed by atoms with van der Waals surface area (Å²) in [6.07, 6.45) is 1.26. The van der Waals surface area contributed by atoms with Crippen LogP contribution in [0, 0.1) is 12.7 Å². The number of fused-ring (bicyclic) bond motifs is 1. The largest absolute Gasteiger partial charge is 0.477 e. The number of carboxylic acids is 1. The van der Waals surface area contributed by atoms with E-state index >= 15 is 0 Å². The number of amides is 1. The number of benzene rings is 1. The smallest absolute Gasteiger partial charge is 0.354 e. The van der Waals surface area contributed by atoms with Crippen LogP contribution in [0.25, 0.3) is 5.65 Å². The monoisotopic (exact) mass is 329 g/mol. The van der Waals surface area contributed by atoms with Gasteiger partial charge in [-0.3, -0.25) is 4.79 Å². The van der Waals surface area contributed by atoms with Crippen LogP contribution in [-0.4, -0.2) is 36.8 Å². The first kappa shape index (κ1) is 15.5. The molecule has 0 unspecified atom stereocenters. The van der Waals surface area contributed by atoms with Crippen molar-refractivity contribution >= 4 is 17.5 Å². The molecule has 8 nitrogen and oxygen atoms in total. The Labute approximate surface area is 134 Å². The molecule has 0 saturated carbocycles. The van der Waals surface area contributed by atoms with Crippen molar-refractivity contribution in [2.45, 2.75) is 13.5 Å². The predicted molar refractivity (Wildman–Crippen MR) is 80.0 cm³/mol. The van der Waals surface area contributed by atoms with Gasteiger partial charge in [-0.05, 0) is 24.1 Å². The second kappa shape index (κ2) is 6.03. The number of nitrogens with zero attached hydrogens (tertiary/aromatic N) is 4. The summed E-state index contributed by atoms with van der Waals surface area (Å²) in [4.78, 5) is 27.5. The minimum absolute atomic E-state index is 0.0685. The summed E-state index contributed by atoms with van der Waals surface area (Å²) < 4.78 is 14.3. The highest BCUT2D eigenvalue weighted by molar-refractivity contribution is 5.95. The third-order valence-corrected chi connectivity index (χ3v) is 3.40. The van der Waals surface area contributed by atoms with Gasteiger partial charge in [-0.15, -0.1) is 5.10 Å². The molecule has 3 rings (SSSR count). The van der Waals surface area contributed by atoms with Crippen LogP contribution in [0.3, 0.4) is 0 Å². The summed E-state index contributed by atoms with van der Waals surface area (Å²) in [6, 6.07) is 5.62. The van der Waals surface area contributed by atoms with E-state index in [4.69, 9.17) is 0 Å². The van der Waals surface area contributed by atoms with Crippen LogP contribution < -0.4 is 5.32 Å². The maximum Gasteiger partial charge on any atom is 0.354 e. The lowest BCUT2D eigenvalue weighted by Gasteiger charge is -2.07. The van der Waals surface area contributed by atoms with Crippen LogP contribution in [0.5, 0.6) is 0 Å². The van der Waals surface area contributed by atoms with E-state index in [1.807, 2.05) is 0 Å². The molecule has 2 heterocycles. The fraction of sp³-hybridized carbons (Fsp3) is 0.133. The van der Waals surface area contributed by atoms with E-state index in [9.17, 15) is 19.1 Å². The zero-order chi connectivity index (χ0) is 17.3. The lowest BCUT2D eigenvalue weighted by atomic mass is 10.1. The first-order valence-electron chi connectivity index (χ1n) is 6.93. The van der Waals surface area contributed by atoms with E-state index in [1.54, 1.807) is 19.1 Å². The van der Waals surface area contributed by atoms with Gasteiger partial charge in [0.25, 0.3) is 5.91 Å². The van der Waals surface area contributed by atoms with Gasteiger partial charge in [0.1, 0.15) is 11.5 Å². The third kappa shape index (κ3) is 2.91. The Morgan fingerprint density at radius 2 is 2.12 bits per heavy atom. The molecule has 0 aliphatic heterocycles. The van der Waals surface area contributed by atoms with E-state index < -0.39 is 11.9 Å². The number of hydrogen-bond acceptors (Lipinski definition) is 5. The Balaban J connectivity index is 1.83. The molecule has 2 aromatic heterocycles. The highest BCUT2D eigenvalue weighted by atomic mass is 19.1. The predicted octanol–water partition coefficient (Wildman–Crippen LogP) is 1.20. The second-order valence-electron chi connectivity index (χ2n) is 5.10. The first-order chi connectivity index (χ1) is 11.5. The molecule has 24 heavy (non-hydrogen) atoms. The highest BCUT2D eigenvalue weighted by Gasteiger charge is 2.17. The summed E-state index contributed by atoms with van der Waals surface area (Å²) in [5, 5.41) is 19.0. The lowest BCUT2D eigenvalue weighted by molar-refractivity contribution is 0.0687. The molecule has 9 heteroatoms. The zero-order valence-corrected chi connectivity index (χ0v) is 12.5. The SMILES string of the molecule is Cc1cc(CNC(=O)c2cc(C(=O)O)n3nncc3n2)ccc1F. The van der Waals surface area contributed by atoms with Gasteiger partial charge in [0.15, 0.2) is 11.3 Å². The molecule has 0 fully saturated rings. The standard InChI is InChI=1S/C15H12FN5O3/c1-8-4-9(2-3-10(8)16)6-17-14(22)11-5-12(15(23)24)21-13(19-11)7-18-20-21/h2-5,7H,6H2,1H3,(H,17,22)(H,23,24). The minimum atomic E-state index is -1.25. The molecular weight excluding hydrogens is 317 g/mol. The summed E-state index contributed by atoms with van der Waals surface area (Å²) in [6.45, 7) is 1.79. The van der Waals surface area contributed by atoms with Gasteiger partial charge in [0.05, 0.1) is 6.20 Å². The average molecular weight is 329 g/mol. The topological polar surface area (TPSA) is 109 Å². The number of halogens is 1. The molecular formula is C15H12FN5O3. The quantitative estimate of drug-likeness (QED) is 0.744. The van der Waals surface area contributed by atoms with Crippen LogP contribution in [0.2, 0.25) is 0 Å². The molecule has 0 aliphatic rings. The number of carbonyl (C=O) groups is 2. The van der Waals surface area contributed by atoms with Gasteiger partial charge in [-0.1, -0.05) is 17.3 Å². The van der Waals surface area contributed by atoms with Crippen LogP contribution >= 0.6 is 0 Å². The second-order valence-corrected chi connectivity index (χ2v) is 5.10. The Hall–Kier alpha value is -3.36. The zero-order valence-electron chi connectivity index (χ0n) is 12.5. The minimum Gasteiger partial charge on any atom is -0.477 e. The van der Waals surface area contributed by atoms with Crippen molar-refractivity contribution in [3.63, 3.8) is 0 Å². The lowest BCUT2D eigenvalue weighted by Crippen LogP contribution is -2.25. The van der Waals surface area contributed by atoms with Crippen LogP contribution in [0.4, 0.5) is 4.39 Å². The van der Waals surface area contributed by atoms with Crippen molar-refractivity contribution in [2.24, 2.45) is 0 Å².